The third-order valence-corrected chi connectivity index (χ3v) is 4.95. The molecule has 0 aliphatic heterocycles. The van der Waals surface area contributed by atoms with Crippen molar-refractivity contribution in [3.8, 4) is 5.75 Å². The van der Waals surface area contributed by atoms with Gasteiger partial charge in [-0.1, -0.05) is 13.3 Å². The molecule has 1 heterocycles. The number of rotatable bonds is 4. The zero-order chi connectivity index (χ0) is 14.8. The van der Waals surface area contributed by atoms with Gasteiger partial charge in [0.2, 0.25) is 0 Å². The van der Waals surface area contributed by atoms with Crippen LogP contribution in [0.2, 0.25) is 0 Å². The summed E-state index contributed by atoms with van der Waals surface area (Å²) < 4.78 is 5.49. The predicted octanol–water partition coefficient (Wildman–Crippen LogP) is 3.55. The molecule has 0 saturated heterocycles. The highest BCUT2D eigenvalue weighted by Crippen LogP contribution is 2.35. The van der Waals surface area contributed by atoms with Crippen molar-refractivity contribution in [3.05, 3.63) is 23.0 Å². The Balaban J connectivity index is 2.14. The highest BCUT2D eigenvalue weighted by atomic mass is 16.5. The number of aryl methyl sites for hydroxylation is 1. The first-order valence-electron chi connectivity index (χ1n) is 7.77. The Morgan fingerprint density at radius 3 is 2.55 bits per heavy atom. The topological polar surface area (TPSA) is 48.1 Å². The third kappa shape index (κ3) is 3.14. The van der Waals surface area contributed by atoms with E-state index >= 15 is 0 Å². The van der Waals surface area contributed by atoms with E-state index in [1.165, 1.54) is 19.3 Å². The van der Waals surface area contributed by atoms with Crippen molar-refractivity contribution in [1.82, 2.24) is 4.98 Å². The molecule has 3 nitrogen and oxygen atoms in total. The lowest BCUT2D eigenvalue weighted by molar-refractivity contribution is 0.227. The van der Waals surface area contributed by atoms with Crippen molar-refractivity contribution in [2.24, 2.45) is 11.7 Å². The third-order valence-electron chi connectivity index (χ3n) is 4.95. The average molecular weight is 276 g/mol. The molecule has 1 fully saturated rings. The van der Waals surface area contributed by atoms with Gasteiger partial charge < -0.3 is 10.5 Å². The molecular weight excluding hydrogens is 248 g/mol. The number of methoxy groups -OCH3 is 1. The fourth-order valence-electron chi connectivity index (χ4n) is 3.42. The van der Waals surface area contributed by atoms with Crippen LogP contribution in [0.4, 0.5) is 0 Å². The molecule has 0 spiro atoms. The second kappa shape index (κ2) is 6.13. The second-order valence-corrected chi connectivity index (χ2v) is 6.44. The quantitative estimate of drug-likeness (QED) is 0.915. The Hall–Kier alpha value is -1.09. The molecule has 0 aromatic carbocycles. The summed E-state index contributed by atoms with van der Waals surface area (Å²) in [6.07, 6.45) is 8.80. The average Bonchev–Trinajstić information content (AvgIpc) is 2.44. The first-order chi connectivity index (χ1) is 9.49. The minimum absolute atomic E-state index is 0.0797. The normalized spacial score (nSPS) is 26.6. The Labute approximate surface area is 122 Å². The number of ether oxygens (including phenoxy) is 1. The van der Waals surface area contributed by atoms with Crippen LogP contribution >= 0.6 is 0 Å². The fraction of sp³-hybridized carbons (Fsp3) is 0.706. The van der Waals surface area contributed by atoms with Gasteiger partial charge in [0.15, 0.2) is 0 Å². The van der Waals surface area contributed by atoms with E-state index < -0.39 is 0 Å². The predicted molar refractivity (Wildman–Crippen MR) is 83.1 cm³/mol. The van der Waals surface area contributed by atoms with Crippen molar-refractivity contribution in [3.63, 3.8) is 0 Å². The van der Waals surface area contributed by atoms with Crippen LogP contribution in [0.3, 0.4) is 0 Å². The van der Waals surface area contributed by atoms with E-state index in [0.717, 1.165) is 47.8 Å². The molecule has 0 unspecified atom stereocenters. The molecular formula is C17H28N2O. The van der Waals surface area contributed by atoms with Crippen LogP contribution < -0.4 is 10.5 Å². The van der Waals surface area contributed by atoms with E-state index in [4.69, 9.17) is 10.5 Å². The Bertz CT molecular complexity index is 462. The minimum atomic E-state index is -0.0797. The number of hydrogen-bond donors (Lipinski definition) is 1. The van der Waals surface area contributed by atoms with E-state index in [0.29, 0.717) is 0 Å². The molecule has 1 aromatic heterocycles. The molecule has 1 aliphatic rings. The summed E-state index contributed by atoms with van der Waals surface area (Å²) in [5.41, 5.74) is 9.89. The van der Waals surface area contributed by atoms with E-state index in [1.54, 1.807) is 7.11 Å². The second-order valence-electron chi connectivity index (χ2n) is 6.44. The van der Waals surface area contributed by atoms with Gasteiger partial charge in [0, 0.05) is 35.0 Å². The summed E-state index contributed by atoms with van der Waals surface area (Å²) in [5, 5.41) is 0. The number of nitrogens with zero attached hydrogens (tertiary/aromatic N) is 1. The number of hydrogen-bond acceptors (Lipinski definition) is 3. The summed E-state index contributed by atoms with van der Waals surface area (Å²) in [7, 11) is 1.73. The van der Waals surface area contributed by atoms with Crippen LogP contribution in [0.5, 0.6) is 5.75 Å². The van der Waals surface area contributed by atoms with Gasteiger partial charge >= 0.3 is 0 Å². The first-order valence-corrected chi connectivity index (χ1v) is 7.77. The largest absolute Gasteiger partial charge is 0.496 e. The molecule has 1 aromatic rings. The molecule has 2 rings (SSSR count). The zero-order valence-electron chi connectivity index (χ0n) is 13.3. The molecule has 20 heavy (non-hydrogen) atoms. The fourth-order valence-corrected chi connectivity index (χ4v) is 3.42. The summed E-state index contributed by atoms with van der Waals surface area (Å²) in [5.74, 6) is 1.83. The zero-order valence-corrected chi connectivity index (χ0v) is 13.3. The van der Waals surface area contributed by atoms with Gasteiger partial charge in [-0.05, 0) is 45.4 Å². The van der Waals surface area contributed by atoms with Gasteiger partial charge in [0.1, 0.15) is 5.75 Å². The lowest BCUT2D eigenvalue weighted by Crippen LogP contribution is -2.45. The van der Waals surface area contributed by atoms with Crippen molar-refractivity contribution in [1.29, 1.82) is 0 Å². The summed E-state index contributed by atoms with van der Waals surface area (Å²) in [6.45, 7) is 6.41. The highest BCUT2D eigenvalue weighted by Gasteiger charge is 2.32. The van der Waals surface area contributed by atoms with E-state index in [1.807, 2.05) is 13.1 Å². The van der Waals surface area contributed by atoms with Gasteiger partial charge in [0.05, 0.1) is 7.11 Å². The molecule has 1 aliphatic carbocycles. The van der Waals surface area contributed by atoms with Crippen LogP contribution in [-0.2, 0) is 6.42 Å². The standard InChI is InChI=1S/C17H28N2O/c1-5-14-6-8-17(18,9-7-14)10-15-13(3)16(20-4)12(2)11-19-15/h11,14H,5-10,18H2,1-4H3. The van der Waals surface area contributed by atoms with E-state index in [2.05, 4.69) is 18.8 Å². The molecule has 1 saturated carbocycles. The lowest BCUT2D eigenvalue weighted by Gasteiger charge is -2.37. The Kier molecular flexibility index (Phi) is 4.69. The highest BCUT2D eigenvalue weighted by molar-refractivity contribution is 5.41. The molecule has 2 N–H and O–H groups in total. The number of aromatic nitrogens is 1. The Morgan fingerprint density at radius 2 is 2.00 bits per heavy atom. The summed E-state index contributed by atoms with van der Waals surface area (Å²) >= 11 is 0. The molecule has 0 bridgehead atoms. The summed E-state index contributed by atoms with van der Waals surface area (Å²) in [4.78, 5) is 4.60. The van der Waals surface area contributed by atoms with Gasteiger partial charge in [0.25, 0.3) is 0 Å². The monoisotopic (exact) mass is 276 g/mol. The lowest BCUT2D eigenvalue weighted by atomic mass is 9.73. The summed E-state index contributed by atoms with van der Waals surface area (Å²) in [6, 6.07) is 0. The van der Waals surface area contributed by atoms with Crippen molar-refractivity contribution in [2.45, 2.75) is 64.8 Å². The van der Waals surface area contributed by atoms with Crippen LogP contribution in [0.15, 0.2) is 6.20 Å². The van der Waals surface area contributed by atoms with Gasteiger partial charge in [-0.15, -0.1) is 0 Å². The maximum absolute atomic E-state index is 6.63. The minimum Gasteiger partial charge on any atom is -0.496 e. The van der Waals surface area contributed by atoms with E-state index in [-0.39, 0.29) is 5.54 Å². The van der Waals surface area contributed by atoms with Crippen LogP contribution in [0.1, 0.15) is 55.8 Å². The molecule has 112 valence electrons. The maximum atomic E-state index is 6.63. The van der Waals surface area contributed by atoms with Gasteiger partial charge in [-0.2, -0.15) is 0 Å². The van der Waals surface area contributed by atoms with Gasteiger partial charge in [-0.3, -0.25) is 4.98 Å². The maximum Gasteiger partial charge on any atom is 0.128 e. The Morgan fingerprint density at radius 1 is 1.35 bits per heavy atom. The smallest absolute Gasteiger partial charge is 0.128 e. The van der Waals surface area contributed by atoms with Crippen molar-refractivity contribution in [2.75, 3.05) is 7.11 Å². The SMILES string of the molecule is CCC1CCC(N)(Cc2ncc(C)c(OC)c2C)CC1. The van der Waals surface area contributed by atoms with Crippen molar-refractivity contribution >= 4 is 0 Å². The molecule has 0 atom stereocenters. The van der Waals surface area contributed by atoms with Crippen LogP contribution in [0, 0.1) is 19.8 Å². The van der Waals surface area contributed by atoms with Crippen LogP contribution in [-0.4, -0.2) is 17.6 Å². The first kappa shape index (κ1) is 15.3. The molecule has 3 heteroatoms. The molecule has 0 amide bonds. The number of nitrogens with two attached hydrogens (primary N) is 1. The van der Waals surface area contributed by atoms with Gasteiger partial charge in [-0.25, -0.2) is 0 Å². The van der Waals surface area contributed by atoms with Crippen LogP contribution in [0.25, 0.3) is 0 Å². The van der Waals surface area contributed by atoms with E-state index in [9.17, 15) is 0 Å². The van der Waals surface area contributed by atoms with Crippen molar-refractivity contribution < 1.29 is 4.74 Å². The molecule has 0 radical (unpaired) electrons. The number of pyridine rings is 1.